The molecule has 2 saturated carbocycles. The van der Waals surface area contributed by atoms with E-state index in [0.29, 0.717) is 0 Å². The third kappa shape index (κ3) is 5.86. The fraction of sp³-hybridized carbons (Fsp3) is 0.342. The highest BCUT2D eigenvalue weighted by atomic mass is 32.2. The number of hydrogen-bond donors (Lipinski definition) is 0. The topological polar surface area (TPSA) is 85.3 Å². The Kier molecular flexibility index (Phi) is 8.81. The molecule has 6 unspecified atom stereocenters. The summed E-state index contributed by atoms with van der Waals surface area (Å²) in [6.45, 7) is 5.81. The van der Waals surface area contributed by atoms with E-state index in [1.54, 1.807) is 66.7 Å². The van der Waals surface area contributed by atoms with Crippen LogP contribution in [0.5, 0.6) is 0 Å². The molecule has 4 aromatic rings. The summed E-state index contributed by atoms with van der Waals surface area (Å²) in [7, 11) is -7.99. The number of halogens is 1. The zero-order valence-electron chi connectivity index (χ0n) is 26.3. The molecule has 240 valence electrons. The van der Waals surface area contributed by atoms with Crippen molar-refractivity contribution in [1.29, 1.82) is 0 Å². The molecule has 0 aromatic heterocycles. The summed E-state index contributed by atoms with van der Waals surface area (Å²) in [5.41, 5.74) is 3.93. The van der Waals surface area contributed by atoms with Gasteiger partial charge in [0.15, 0.2) is 19.7 Å². The SMILES string of the molecule is CCc1ccc(C2CC3C(CC2S(=O)(=O)c2ccc(C)cc2)C(=O)CC(c2ccccc2F)C3S(=O)(=O)c2ccc(C)cc2)cc1. The molecule has 2 aliphatic rings. The van der Waals surface area contributed by atoms with Gasteiger partial charge in [-0.2, -0.15) is 0 Å². The fourth-order valence-corrected chi connectivity index (χ4v) is 12.0. The molecule has 2 fully saturated rings. The molecule has 0 spiro atoms. The first-order valence-electron chi connectivity index (χ1n) is 15.9. The van der Waals surface area contributed by atoms with Crippen molar-refractivity contribution >= 4 is 25.5 Å². The van der Waals surface area contributed by atoms with Crippen LogP contribution in [0.4, 0.5) is 4.39 Å². The molecule has 6 atom stereocenters. The largest absolute Gasteiger partial charge is 0.299 e. The van der Waals surface area contributed by atoms with Crippen molar-refractivity contribution in [1.82, 2.24) is 0 Å². The summed E-state index contributed by atoms with van der Waals surface area (Å²) in [6, 6.07) is 27.3. The molecule has 4 aromatic carbocycles. The maximum atomic E-state index is 15.4. The molecular weight excluding hydrogens is 620 g/mol. The van der Waals surface area contributed by atoms with Crippen molar-refractivity contribution in [3.63, 3.8) is 0 Å². The van der Waals surface area contributed by atoms with Gasteiger partial charge in [-0.3, -0.25) is 4.79 Å². The van der Waals surface area contributed by atoms with Gasteiger partial charge in [-0.25, -0.2) is 21.2 Å². The van der Waals surface area contributed by atoms with Gasteiger partial charge in [0, 0.05) is 24.2 Å². The highest BCUT2D eigenvalue weighted by molar-refractivity contribution is 7.92. The first-order valence-corrected chi connectivity index (χ1v) is 19.0. The van der Waals surface area contributed by atoms with E-state index in [1.807, 2.05) is 45.0 Å². The average molecular weight is 659 g/mol. The van der Waals surface area contributed by atoms with Crippen LogP contribution in [0.3, 0.4) is 0 Å². The van der Waals surface area contributed by atoms with Crippen molar-refractivity contribution in [2.24, 2.45) is 11.8 Å². The average Bonchev–Trinajstić information content (AvgIpc) is 3.04. The number of hydrogen-bond acceptors (Lipinski definition) is 5. The van der Waals surface area contributed by atoms with Gasteiger partial charge in [0.1, 0.15) is 11.6 Å². The van der Waals surface area contributed by atoms with Gasteiger partial charge in [-0.05, 0) is 86.1 Å². The zero-order valence-corrected chi connectivity index (χ0v) is 27.9. The second-order valence-electron chi connectivity index (χ2n) is 13.0. The Labute approximate surface area is 271 Å². The van der Waals surface area contributed by atoms with E-state index >= 15 is 4.39 Å². The minimum absolute atomic E-state index is 0.00379. The van der Waals surface area contributed by atoms with Crippen LogP contribution in [0.25, 0.3) is 0 Å². The molecule has 0 aliphatic heterocycles. The summed E-state index contributed by atoms with van der Waals surface area (Å²) < 4.78 is 73.5. The molecule has 0 radical (unpaired) electrons. The first-order chi connectivity index (χ1) is 21.9. The molecular formula is C38H39FO5S2. The monoisotopic (exact) mass is 658 g/mol. The van der Waals surface area contributed by atoms with Crippen LogP contribution in [0.2, 0.25) is 0 Å². The third-order valence-corrected chi connectivity index (χ3v) is 14.8. The van der Waals surface area contributed by atoms with Crippen molar-refractivity contribution in [3.8, 4) is 0 Å². The van der Waals surface area contributed by atoms with Crippen LogP contribution in [-0.2, 0) is 30.9 Å². The number of Topliss-reactive ketones (excluding diaryl/α,β-unsaturated/α-hetero) is 1. The Morgan fingerprint density at radius 2 is 1.24 bits per heavy atom. The minimum Gasteiger partial charge on any atom is -0.299 e. The Hall–Kier alpha value is -3.62. The van der Waals surface area contributed by atoms with E-state index in [0.717, 1.165) is 28.7 Å². The number of carbonyl (C=O) groups excluding carboxylic acids is 1. The van der Waals surface area contributed by atoms with Crippen molar-refractivity contribution in [2.45, 2.75) is 78.6 Å². The molecule has 46 heavy (non-hydrogen) atoms. The van der Waals surface area contributed by atoms with Crippen LogP contribution in [-0.4, -0.2) is 33.1 Å². The Morgan fingerprint density at radius 3 is 1.80 bits per heavy atom. The van der Waals surface area contributed by atoms with E-state index < -0.39 is 59.7 Å². The van der Waals surface area contributed by atoms with E-state index in [-0.39, 0.29) is 40.4 Å². The first kappa shape index (κ1) is 32.3. The van der Waals surface area contributed by atoms with Gasteiger partial charge in [-0.1, -0.05) is 84.8 Å². The van der Waals surface area contributed by atoms with Crippen LogP contribution < -0.4 is 0 Å². The number of fused-ring (bicyclic) bond motifs is 1. The second kappa shape index (κ2) is 12.5. The zero-order chi connectivity index (χ0) is 32.8. The highest BCUT2D eigenvalue weighted by Crippen LogP contribution is 2.54. The van der Waals surface area contributed by atoms with Crippen LogP contribution in [0.15, 0.2) is 107 Å². The standard InChI is InChI=1S/C38H39FO5S2/c1-4-26-13-15-27(16-14-26)31-21-33-32(23-37(31)45(41,42)28-17-9-24(2)10-18-28)36(40)22-34(30-7-5-6-8-35(30)39)38(33)46(43,44)29-19-11-25(3)12-20-29/h5-20,31-34,37-38H,4,21-23H2,1-3H3. The molecule has 0 saturated heterocycles. The molecule has 0 amide bonds. The maximum absolute atomic E-state index is 15.4. The van der Waals surface area contributed by atoms with Crippen molar-refractivity contribution in [2.75, 3.05) is 0 Å². The van der Waals surface area contributed by atoms with E-state index in [2.05, 4.69) is 0 Å². The lowest BCUT2D eigenvalue weighted by Crippen LogP contribution is -2.53. The number of carbonyl (C=O) groups is 1. The summed E-state index contributed by atoms with van der Waals surface area (Å²) in [5, 5.41) is -2.05. The predicted molar refractivity (Wildman–Crippen MR) is 178 cm³/mol. The van der Waals surface area contributed by atoms with Crippen LogP contribution in [0.1, 0.15) is 65.8 Å². The Balaban J connectivity index is 1.52. The molecule has 0 N–H and O–H groups in total. The van der Waals surface area contributed by atoms with Gasteiger partial charge in [0.05, 0.1) is 20.3 Å². The number of ketones is 1. The van der Waals surface area contributed by atoms with E-state index in [1.165, 1.54) is 6.07 Å². The summed E-state index contributed by atoms with van der Waals surface area (Å²) in [6.07, 6.45) is 0.809. The lowest BCUT2D eigenvalue weighted by Gasteiger charge is -2.48. The molecule has 8 heteroatoms. The van der Waals surface area contributed by atoms with Crippen molar-refractivity contribution < 1.29 is 26.0 Å². The third-order valence-electron chi connectivity index (χ3n) is 10.2. The Morgan fingerprint density at radius 1 is 0.674 bits per heavy atom. The molecule has 6 rings (SSSR count). The van der Waals surface area contributed by atoms with Gasteiger partial charge in [-0.15, -0.1) is 0 Å². The molecule has 2 aliphatic carbocycles. The predicted octanol–water partition coefficient (Wildman–Crippen LogP) is 7.56. The smallest absolute Gasteiger partial charge is 0.182 e. The molecule has 5 nitrogen and oxygen atoms in total. The van der Waals surface area contributed by atoms with Gasteiger partial charge in [0.2, 0.25) is 0 Å². The Bertz CT molecular complexity index is 1950. The number of sulfone groups is 2. The van der Waals surface area contributed by atoms with Crippen molar-refractivity contribution in [3.05, 3.63) is 131 Å². The molecule has 0 bridgehead atoms. The maximum Gasteiger partial charge on any atom is 0.182 e. The summed E-state index contributed by atoms with van der Waals surface area (Å²) >= 11 is 0. The minimum atomic E-state index is -4.08. The van der Waals surface area contributed by atoms with Crippen LogP contribution in [0, 0.1) is 31.5 Å². The molecule has 0 heterocycles. The van der Waals surface area contributed by atoms with E-state index in [4.69, 9.17) is 0 Å². The van der Waals surface area contributed by atoms with Gasteiger partial charge in [0.25, 0.3) is 0 Å². The fourth-order valence-electron chi connectivity index (χ4n) is 7.71. The van der Waals surface area contributed by atoms with Gasteiger partial charge >= 0.3 is 0 Å². The van der Waals surface area contributed by atoms with Gasteiger partial charge < -0.3 is 0 Å². The number of rotatable bonds is 7. The number of aryl methyl sites for hydroxylation is 3. The summed E-state index contributed by atoms with van der Waals surface area (Å²) in [5.74, 6) is -3.75. The van der Waals surface area contributed by atoms with Crippen LogP contribution >= 0.6 is 0 Å². The highest BCUT2D eigenvalue weighted by Gasteiger charge is 2.56. The normalized spacial score (nSPS) is 25.2. The number of benzene rings is 4. The second-order valence-corrected chi connectivity index (χ2v) is 17.2. The summed E-state index contributed by atoms with van der Waals surface area (Å²) in [4.78, 5) is 14.4. The van der Waals surface area contributed by atoms with E-state index in [9.17, 15) is 21.6 Å². The lowest BCUT2D eigenvalue weighted by molar-refractivity contribution is -0.128. The quantitative estimate of drug-likeness (QED) is 0.205. The lowest BCUT2D eigenvalue weighted by atomic mass is 9.61.